The molecule has 2 aromatic carbocycles. The molecule has 2 aromatic heterocycles. The molecule has 188 valence electrons. The molecule has 0 amide bonds. The molecule has 4 aromatic rings. The zero-order valence-corrected chi connectivity index (χ0v) is 21.5. The number of alkyl halides is 2. The van der Waals surface area contributed by atoms with Gasteiger partial charge < -0.3 is 0 Å². The van der Waals surface area contributed by atoms with Crippen molar-refractivity contribution in [2.24, 2.45) is 21.1 Å². The summed E-state index contributed by atoms with van der Waals surface area (Å²) < 4.78 is 32.4. The van der Waals surface area contributed by atoms with Crippen molar-refractivity contribution in [3.63, 3.8) is 0 Å². The van der Waals surface area contributed by atoms with Gasteiger partial charge in [-0.25, -0.2) is 13.6 Å². The highest BCUT2D eigenvalue weighted by Gasteiger charge is 2.18. The topological polar surface area (TPSA) is 44.8 Å². The van der Waals surface area contributed by atoms with Gasteiger partial charge in [-0.05, 0) is 79.1 Å². The first-order valence-corrected chi connectivity index (χ1v) is 12.0. The van der Waals surface area contributed by atoms with Gasteiger partial charge in [-0.3, -0.25) is 13.8 Å². The lowest BCUT2D eigenvalue weighted by Crippen LogP contribution is -2.19. The molecule has 0 saturated heterocycles. The van der Waals surface area contributed by atoms with E-state index in [4.69, 9.17) is 0 Å². The fraction of sp³-hybridized carbons (Fsp3) is 0.310. The monoisotopic (exact) mass is 490 g/mol. The Morgan fingerprint density at radius 1 is 1.14 bits per heavy atom. The summed E-state index contributed by atoms with van der Waals surface area (Å²) in [6.45, 7) is 7.93. The number of aromatic nitrogens is 4. The van der Waals surface area contributed by atoms with Gasteiger partial charge in [0.2, 0.25) is 0 Å². The largest absolute Gasteiger partial charge is 0.328 e. The number of halogens is 2. The second kappa shape index (κ2) is 10.1. The van der Waals surface area contributed by atoms with Crippen molar-refractivity contribution < 1.29 is 8.78 Å². The first-order chi connectivity index (χ1) is 17.1. The van der Waals surface area contributed by atoms with Gasteiger partial charge in [0.1, 0.15) is 0 Å². The maximum atomic E-state index is 13.7. The summed E-state index contributed by atoms with van der Waals surface area (Å²) in [4.78, 5) is 12.4. The van der Waals surface area contributed by atoms with E-state index in [0.717, 1.165) is 58.1 Å². The van der Waals surface area contributed by atoms with E-state index in [9.17, 15) is 13.6 Å². The zero-order chi connectivity index (χ0) is 26.1. The van der Waals surface area contributed by atoms with Crippen LogP contribution >= 0.6 is 0 Å². The van der Waals surface area contributed by atoms with E-state index in [2.05, 4.69) is 29.9 Å². The second-order valence-electron chi connectivity index (χ2n) is 9.48. The lowest BCUT2D eigenvalue weighted by molar-refractivity contribution is 0.152. The number of imidazole rings is 1. The standard InChI is InChI=1S/C29H32F2N4O/c1-18(2)23-13-20(14-26-27(23)35(6)29(36)34(26)5)10-8-7-9-11-21-15-24(22-16-32-33(4)17-22)25(28(30)31)12-19(21)3/h8,10,12-17,28H,1,7,9,11H2,2-6H3/b10-8-. The first kappa shape index (κ1) is 25.4. The molecule has 0 spiro atoms. The van der Waals surface area contributed by atoms with Gasteiger partial charge in [0.25, 0.3) is 6.43 Å². The van der Waals surface area contributed by atoms with Crippen LogP contribution in [0.5, 0.6) is 0 Å². The van der Waals surface area contributed by atoms with Crippen molar-refractivity contribution >= 4 is 22.7 Å². The van der Waals surface area contributed by atoms with E-state index in [-0.39, 0.29) is 11.3 Å². The van der Waals surface area contributed by atoms with Gasteiger partial charge >= 0.3 is 5.69 Å². The van der Waals surface area contributed by atoms with Gasteiger partial charge in [-0.2, -0.15) is 5.10 Å². The predicted octanol–water partition coefficient (Wildman–Crippen LogP) is 6.59. The van der Waals surface area contributed by atoms with Crippen molar-refractivity contribution in [2.75, 3.05) is 0 Å². The number of hydrogen-bond acceptors (Lipinski definition) is 2. The van der Waals surface area contributed by atoms with E-state index in [1.54, 1.807) is 53.4 Å². The third kappa shape index (κ3) is 4.83. The van der Waals surface area contributed by atoms with Gasteiger partial charge in [0.15, 0.2) is 0 Å². The van der Waals surface area contributed by atoms with Crippen LogP contribution in [-0.4, -0.2) is 18.9 Å². The Kier molecular flexibility index (Phi) is 7.11. The average Bonchev–Trinajstić information content (AvgIpc) is 3.36. The highest BCUT2D eigenvalue weighted by atomic mass is 19.3. The fourth-order valence-corrected chi connectivity index (χ4v) is 4.76. The third-order valence-electron chi connectivity index (χ3n) is 6.73. The van der Waals surface area contributed by atoms with Crippen LogP contribution in [0.3, 0.4) is 0 Å². The maximum Gasteiger partial charge on any atom is 0.328 e. The summed E-state index contributed by atoms with van der Waals surface area (Å²) in [6.07, 6.45) is 7.55. The molecule has 4 rings (SSSR count). The number of allylic oxidation sites excluding steroid dienone is 2. The van der Waals surface area contributed by atoms with Crippen LogP contribution in [0.4, 0.5) is 8.78 Å². The smallest absolute Gasteiger partial charge is 0.295 e. The van der Waals surface area contributed by atoms with Gasteiger partial charge in [-0.15, -0.1) is 0 Å². The molecule has 0 fully saturated rings. The molecule has 0 aliphatic carbocycles. The molecule has 36 heavy (non-hydrogen) atoms. The molecule has 2 heterocycles. The number of unbranched alkanes of at least 4 members (excludes halogenated alkanes) is 1. The Labute approximate surface area is 210 Å². The van der Waals surface area contributed by atoms with Crippen molar-refractivity contribution in [1.29, 1.82) is 0 Å². The van der Waals surface area contributed by atoms with E-state index < -0.39 is 6.43 Å². The van der Waals surface area contributed by atoms with Crippen LogP contribution in [0.2, 0.25) is 0 Å². The SMILES string of the molecule is C=C(C)c1cc(/C=C\CCCc2cc(-c3cnn(C)c3)c(C(F)F)cc2C)cc2c1n(C)c(=O)n2C. The van der Waals surface area contributed by atoms with Crippen LogP contribution in [0.1, 0.15) is 54.0 Å². The van der Waals surface area contributed by atoms with Crippen molar-refractivity contribution in [3.05, 3.63) is 87.6 Å². The fourth-order valence-electron chi connectivity index (χ4n) is 4.76. The maximum absolute atomic E-state index is 13.7. The van der Waals surface area contributed by atoms with E-state index in [1.807, 2.05) is 26.0 Å². The minimum atomic E-state index is -2.54. The predicted molar refractivity (Wildman–Crippen MR) is 143 cm³/mol. The second-order valence-corrected chi connectivity index (χ2v) is 9.48. The number of hydrogen-bond donors (Lipinski definition) is 0. The number of aryl methyl sites for hydroxylation is 5. The number of rotatable bonds is 8. The molecule has 0 N–H and O–H groups in total. The van der Waals surface area contributed by atoms with Gasteiger partial charge in [-0.1, -0.05) is 24.8 Å². The first-order valence-electron chi connectivity index (χ1n) is 12.0. The van der Waals surface area contributed by atoms with Crippen molar-refractivity contribution in [2.45, 2.75) is 39.5 Å². The summed E-state index contributed by atoms with van der Waals surface area (Å²) in [5.74, 6) is 0. The van der Waals surface area contributed by atoms with E-state index in [0.29, 0.717) is 11.1 Å². The Morgan fingerprint density at radius 2 is 1.89 bits per heavy atom. The minimum Gasteiger partial charge on any atom is -0.295 e. The molecule has 0 atom stereocenters. The summed E-state index contributed by atoms with van der Waals surface area (Å²) in [6, 6.07) is 7.58. The summed E-state index contributed by atoms with van der Waals surface area (Å²) in [7, 11) is 5.34. The van der Waals surface area contributed by atoms with Crippen LogP contribution in [0.25, 0.3) is 33.8 Å². The summed E-state index contributed by atoms with van der Waals surface area (Å²) in [5, 5.41) is 4.15. The number of benzene rings is 2. The molecule has 7 heteroatoms. The Morgan fingerprint density at radius 3 is 2.53 bits per heavy atom. The molecule has 0 aliphatic heterocycles. The minimum absolute atomic E-state index is 0.0446. The average molecular weight is 491 g/mol. The molecule has 0 unspecified atom stereocenters. The molecule has 5 nitrogen and oxygen atoms in total. The molecule has 0 aliphatic rings. The lowest BCUT2D eigenvalue weighted by atomic mass is 9.93. The molecular formula is C29H32F2N4O. The van der Waals surface area contributed by atoms with Crippen LogP contribution < -0.4 is 5.69 Å². The summed E-state index contributed by atoms with van der Waals surface area (Å²) >= 11 is 0. The Bertz CT molecular complexity index is 1540. The lowest BCUT2D eigenvalue weighted by Gasteiger charge is -2.13. The van der Waals surface area contributed by atoms with Crippen molar-refractivity contribution in [3.8, 4) is 11.1 Å². The quantitative estimate of drug-likeness (QED) is 0.262. The molecule has 0 radical (unpaired) electrons. The van der Waals surface area contributed by atoms with Gasteiger partial charge in [0.05, 0.1) is 17.2 Å². The van der Waals surface area contributed by atoms with Crippen LogP contribution in [0, 0.1) is 6.92 Å². The molecule has 0 saturated carbocycles. The molecular weight excluding hydrogens is 458 g/mol. The number of fused-ring (bicyclic) bond motifs is 1. The van der Waals surface area contributed by atoms with Gasteiger partial charge in [0, 0.05) is 44.0 Å². The van der Waals surface area contributed by atoms with Crippen LogP contribution in [-0.2, 0) is 27.6 Å². The van der Waals surface area contributed by atoms with Crippen molar-refractivity contribution in [1.82, 2.24) is 18.9 Å². The van der Waals surface area contributed by atoms with E-state index in [1.165, 1.54) is 0 Å². The third-order valence-corrected chi connectivity index (χ3v) is 6.73. The normalized spacial score (nSPS) is 11.9. The number of nitrogens with zero attached hydrogens (tertiary/aromatic N) is 4. The summed E-state index contributed by atoms with van der Waals surface area (Å²) in [5.41, 5.74) is 7.82. The zero-order valence-electron chi connectivity index (χ0n) is 21.5. The highest BCUT2D eigenvalue weighted by molar-refractivity contribution is 5.91. The van der Waals surface area contributed by atoms with Crippen LogP contribution in [0.15, 0.2) is 54.1 Å². The van der Waals surface area contributed by atoms with E-state index >= 15 is 0 Å². The Hall–Kier alpha value is -3.74. The Balaban J connectivity index is 1.52. The highest BCUT2D eigenvalue weighted by Crippen LogP contribution is 2.34. The molecule has 0 bridgehead atoms.